The zero-order chi connectivity index (χ0) is 14.9. The van der Waals surface area contributed by atoms with Crippen molar-refractivity contribution in [1.29, 1.82) is 0 Å². The molecule has 0 saturated heterocycles. The molecule has 0 aliphatic rings. The fourth-order valence-electron chi connectivity index (χ4n) is 1.54. The third kappa shape index (κ3) is 5.97. The first-order chi connectivity index (χ1) is 10.2. The van der Waals surface area contributed by atoms with Gasteiger partial charge in [-0.3, -0.25) is 9.78 Å². The minimum absolute atomic E-state index is 0.144. The summed E-state index contributed by atoms with van der Waals surface area (Å²) in [5, 5.41) is 4.57. The number of nitrogens with one attached hydrogen (secondary N) is 1. The Labute approximate surface area is 132 Å². The Morgan fingerprint density at radius 1 is 1.33 bits per heavy atom. The molecular weight excluding hydrogens is 306 g/mol. The van der Waals surface area contributed by atoms with E-state index in [0.717, 1.165) is 11.3 Å². The molecule has 0 atom stereocenters. The van der Waals surface area contributed by atoms with Gasteiger partial charge < -0.3 is 0 Å². The third-order valence-corrected chi connectivity index (χ3v) is 3.70. The van der Waals surface area contributed by atoms with Crippen LogP contribution < -0.4 is 5.43 Å². The van der Waals surface area contributed by atoms with Gasteiger partial charge in [0.25, 0.3) is 0 Å². The molecule has 0 spiro atoms. The number of carbonyl (C=O) groups excluding carboxylic acids is 1. The number of rotatable bonds is 6. The molecule has 1 N–H and O–H groups in total. The summed E-state index contributed by atoms with van der Waals surface area (Å²) >= 11 is 7.41. The van der Waals surface area contributed by atoms with Gasteiger partial charge in [0.2, 0.25) is 5.91 Å². The average Bonchev–Trinajstić information content (AvgIpc) is 2.48. The number of amides is 1. The van der Waals surface area contributed by atoms with Crippen LogP contribution in [-0.2, 0) is 10.5 Å². The van der Waals surface area contributed by atoms with Crippen LogP contribution in [0.2, 0.25) is 5.02 Å². The summed E-state index contributed by atoms with van der Waals surface area (Å²) in [5.74, 6) is 0.929. The van der Waals surface area contributed by atoms with E-state index in [9.17, 15) is 4.79 Å². The van der Waals surface area contributed by atoms with Gasteiger partial charge in [-0.05, 0) is 29.8 Å². The Kier molecular flexibility index (Phi) is 6.24. The minimum Gasteiger partial charge on any atom is -0.272 e. The van der Waals surface area contributed by atoms with Gasteiger partial charge in [-0.2, -0.15) is 5.10 Å². The first-order valence-corrected chi connectivity index (χ1v) is 7.82. The molecule has 1 aromatic heterocycles. The summed E-state index contributed by atoms with van der Waals surface area (Å²) in [4.78, 5) is 15.7. The zero-order valence-electron chi connectivity index (χ0n) is 11.2. The predicted molar refractivity (Wildman–Crippen MR) is 87.6 cm³/mol. The van der Waals surface area contributed by atoms with E-state index in [1.54, 1.807) is 6.20 Å². The maximum absolute atomic E-state index is 11.6. The van der Waals surface area contributed by atoms with Gasteiger partial charge >= 0.3 is 0 Å². The molecule has 4 nitrogen and oxygen atoms in total. The average molecular weight is 320 g/mol. The highest BCUT2D eigenvalue weighted by Crippen LogP contribution is 2.16. The Morgan fingerprint density at radius 2 is 2.24 bits per heavy atom. The highest BCUT2D eigenvalue weighted by Gasteiger charge is 2.01. The van der Waals surface area contributed by atoms with E-state index < -0.39 is 0 Å². The van der Waals surface area contributed by atoms with Crippen LogP contribution in [0, 0.1) is 0 Å². The second kappa shape index (κ2) is 8.44. The van der Waals surface area contributed by atoms with E-state index in [-0.39, 0.29) is 5.91 Å². The molecule has 6 heteroatoms. The number of benzene rings is 1. The second-order valence-corrected chi connectivity index (χ2v) is 5.59. The van der Waals surface area contributed by atoms with Crippen molar-refractivity contribution in [3.63, 3.8) is 0 Å². The van der Waals surface area contributed by atoms with Gasteiger partial charge in [0.05, 0.1) is 17.7 Å². The normalized spacial score (nSPS) is 10.7. The molecule has 2 aromatic rings. The van der Waals surface area contributed by atoms with Crippen molar-refractivity contribution in [2.75, 3.05) is 5.75 Å². The van der Waals surface area contributed by atoms with E-state index >= 15 is 0 Å². The molecule has 0 aliphatic carbocycles. The number of thioether (sulfide) groups is 1. The summed E-state index contributed by atoms with van der Waals surface area (Å²) in [6.07, 6.45) is 3.18. The highest BCUT2D eigenvalue weighted by atomic mass is 35.5. The Balaban J connectivity index is 1.69. The lowest BCUT2D eigenvalue weighted by molar-refractivity contribution is -0.118. The first kappa shape index (κ1) is 15.5. The van der Waals surface area contributed by atoms with E-state index in [1.807, 2.05) is 42.5 Å². The largest absolute Gasteiger partial charge is 0.272 e. The Hall–Kier alpha value is -1.85. The van der Waals surface area contributed by atoms with Crippen LogP contribution in [0.5, 0.6) is 0 Å². The molecule has 108 valence electrons. The first-order valence-electron chi connectivity index (χ1n) is 6.29. The number of carbonyl (C=O) groups is 1. The summed E-state index contributed by atoms with van der Waals surface area (Å²) in [6.45, 7) is 0. The molecule has 0 unspecified atom stereocenters. The van der Waals surface area contributed by atoms with Gasteiger partial charge in [-0.25, -0.2) is 5.43 Å². The van der Waals surface area contributed by atoms with Crippen LogP contribution in [0.4, 0.5) is 0 Å². The Bertz CT molecular complexity index is 619. The summed E-state index contributed by atoms with van der Waals surface area (Å²) in [7, 11) is 0. The lowest BCUT2D eigenvalue weighted by Crippen LogP contribution is -2.19. The summed E-state index contributed by atoms with van der Waals surface area (Å²) in [6, 6.07) is 13.1. The lowest BCUT2D eigenvalue weighted by Gasteiger charge is -2.02. The van der Waals surface area contributed by atoms with Crippen LogP contribution in [0.3, 0.4) is 0 Å². The molecular formula is C15H14ClN3OS. The van der Waals surface area contributed by atoms with Gasteiger partial charge in [0.15, 0.2) is 0 Å². The molecule has 0 saturated carbocycles. The van der Waals surface area contributed by atoms with Gasteiger partial charge in [-0.1, -0.05) is 29.8 Å². The second-order valence-electron chi connectivity index (χ2n) is 4.17. The van der Waals surface area contributed by atoms with Crippen LogP contribution in [-0.4, -0.2) is 22.9 Å². The minimum atomic E-state index is -0.144. The zero-order valence-corrected chi connectivity index (χ0v) is 12.8. The smallest absolute Gasteiger partial charge is 0.250 e. The van der Waals surface area contributed by atoms with Crippen molar-refractivity contribution >= 4 is 35.5 Å². The fourth-order valence-corrected chi connectivity index (χ4v) is 2.52. The molecule has 1 heterocycles. The lowest BCUT2D eigenvalue weighted by atomic mass is 10.2. The molecule has 2 rings (SSSR count). The SMILES string of the molecule is O=C(CSCc1cccc(Cl)c1)N/N=C\c1ccccn1. The standard InChI is InChI=1S/C15H14ClN3OS/c16-13-5-3-4-12(8-13)10-21-11-15(20)19-18-9-14-6-1-2-7-17-14/h1-9H,10-11H2,(H,19,20)/b18-9-. The molecule has 0 radical (unpaired) electrons. The van der Waals surface area contributed by atoms with E-state index in [1.165, 1.54) is 18.0 Å². The quantitative estimate of drug-likeness (QED) is 0.657. The maximum Gasteiger partial charge on any atom is 0.250 e. The number of aromatic nitrogens is 1. The number of hydrazone groups is 1. The topological polar surface area (TPSA) is 54.4 Å². The van der Waals surface area contributed by atoms with E-state index in [0.29, 0.717) is 16.5 Å². The van der Waals surface area contributed by atoms with Crippen molar-refractivity contribution in [1.82, 2.24) is 10.4 Å². The third-order valence-electron chi connectivity index (χ3n) is 2.46. The Morgan fingerprint density at radius 3 is 3.00 bits per heavy atom. The monoisotopic (exact) mass is 319 g/mol. The van der Waals surface area contributed by atoms with Crippen molar-refractivity contribution in [3.8, 4) is 0 Å². The van der Waals surface area contributed by atoms with E-state index in [2.05, 4.69) is 15.5 Å². The molecule has 1 amide bonds. The predicted octanol–water partition coefficient (Wildman–Crippen LogP) is 3.12. The van der Waals surface area contributed by atoms with Crippen LogP contribution in [0.1, 0.15) is 11.3 Å². The maximum atomic E-state index is 11.6. The van der Waals surface area contributed by atoms with Crippen molar-refractivity contribution < 1.29 is 4.79 Å². The van der Waals surface area contributed by atoms with E-state index in [4.69, 9.17) is 11.6 Å². The summed E-state index contributed by atoms with van der Waals surface area (Å²) in [5.41, 5.74) is 4.27. The number of hydrogen-bond acceptors (Lipinski definition) is 4. The van der Waals surface area contributed by atoms with Crippen LogP contribution >= 0.6 is 23.4 Å². The van der Waals surface area contributed by atoms with Gasteiger partial charge in [0.1, 0.15) is 0 Å². The molecule has 0 bridgehead atoms. The van der Waals surface area contributed by atoms with Gasteiger partial charge in [0, 0.05) is 17.0 Å². The van der Waals surface area contributed by atoms with Gasteiger partial charge in [-0.15, -0.1) is 11.8 Å². The highest BCUT2D eigenvalue weighted by molar-refractivity contribution is 7.99. The van der Waals surface area contributed by atoms with Crippen molar-refractivity contribution in [2.45, 2.75) is 5.75 Å². The van der Waals surface area contributed by atoms with Crippen molar-refractivity contribution in [3.05, 3.63) is 64.9 Å². The number of hydrogen-bond donors (Lipinski definition) is 1. The molecule has 1 aromatic carbocycles. The molecule has 21 heavy (non-hydrogen) atoms. The molecule has 0 fully saturated rings. The van der Waals surface area contributed by atoms with Crippen LogP contribution in [0.15, 0.2) is 53.8 Å². The van der Waals surface area contributed by atoms with Crippen molar-refractivity contribution in [2.24, 2.45) is 5.10 Å². The number of halogens is 1. The fraction of sp³-hybridized carbons (Fsp3) is 0.133. The number of pyridine rings is 1. The van der Waals surface area contributed by atoms with Crippen LogP contribution in [0.25, 0.3) is 0 Å². The number of nitrogens with zero attached hydrogens (tertiary/aromatic N) is 2. The summed E-state index contributed by atoms with van der Waals surface area (Å²) < 4.78 is 0. The molecule has 0 aliphatic heterocycles.